The second-order valence-electron chi connectivity index (χ2n) is 5.87. The van der Waals surface area contributed by atoms with Crippen molar-refractivity contribution >= 4 is 23.5 Å². The van der Waals surface area contributed by atoms with E-state index in [-0.39, 0.29) is 17.8 Å². The van der Waals surface area contributed by atoms with Crippen molar-refractivity contribution in [3.8, 4) is 0 Å². The molecule has 0 saturated carbocycles. The fourth-order valence-electron chi connectivity index (χ4n) is 2.37. The number of nitrogens with zero attached hydrogens (tertiary/aromatic N) is 1. The molecule has 1 rings (SSSR count). The van der Waals surface area contributed by atoms with Gasteiger partial charge in [0.05, 0.1) is 6.04 Å². The van der Waals surface area contributed by atoms with Crippen LogP contribution in [0.4, 0.5) is 5.69 Å². The molecule has 10 N–H and O–H groups in total. The Bertz CT molecular complexity index is 642. The Morgan fingerprint density at radius 2 is 1.88 bits per heavy atom. The van der Waals surface area contributed by atoms with Crippen molar-refractivity contribution in [2.24, 2.45) is 22.2 Å². The number of amides is 2. The Hall–Kier alpha value is -2.81. The minimum atomic E-state index is -0.635. The number of nitrogen functional groups attached to an aromatic ring is 1. The van der Waals surface area contributed by atoms with E-state index in [0.29, 0.717) is 50.1 Å². The van der Waals surface area contributed by atoms with Gasteiger partial charge in [0, 0.05) is 30.9 Å². The fourth-order valence-corrected chi connectivity index (χ4v) is 2.37. The molecular formula is C17H29N7O2. The van der Waals surface area contributed by atoms with Crippen LogP contribution in [0, 0.1) is 0 Å². The van der Waals surface area contributed by atoms with E-state index >= 15 is 0 Å². The van der Waals surface area contributed by atoms with Crippen LogP contribution in [0.3, 0.4) is 0 Å². The van der Waals surface area contributed by atoms with Crippen LogP contribution >= 0.6 is 0 Å². The molecule has 0 aliphatic heterocycles. The minimum Gasteiger partial charge on any atom is -0.399 e. The van der Waals surface area contributed by atoms with Crippen molar-refractivity contribution in [1.29, 1.82) is 0 Å². The number of aryl methyl sites for hydroxylation is 1. The molecule has 9 heteroatoms. The molecule has 0 saturated heterocycles. The predicted molar refractivity (Wildman–Crippen MR) is 103 cm³/mol. The van der Waals surface area contributed by atoms with Gasteiger partial charge in [0.15, 0.2) is 5.96 Å². The fraction of sp³-hybridized carbons (Fsp3) is 0.471. The summed E-state index contributed by atoms with van der Waals surface area (Å²) in [6, 6.07) is 4.55. The van der Waals surface area contributed by atoms with E-state index in [9.17, 15) is 9.59 Å². The number of hydrogen-bond donors (Lipinski definition) is 6. The number of nitrogens with one attached hydrogen (secondary N) is 2. The van der Waals surface area contributed by atoms with Gasteiger partial charge in [-0.15, -0.1) is 0 Å². The van der Waals surface area contributed by atoms with Crippen LogP contribution < -0.4 is 33.6 Å². The molecule has 9 nitrogen and oxygen atoms in total. The number of nitrogens with two attached hydrogens (primary N) is 4. The van der Waals surface area contributed by atoms with E-state index in [4.69, 9.17) is 22.9 Å². The molecule has 0 fully saturated rings. The summed E-state index contributed by atoms with van der Waals surface area (Å²) in [5.41, 5.74) is 24.1. The quantitative estimate of drug-likeness (QED) is 0.135. The summed E-state index contributed by atoms with van der Waals surface area (Å²) in [6.07, 6.45) is 1.79. The number of rotatable bonds is 10. The summed E-state index contributed by atoms with van der Waals surface area (Å²) in [6.45, 7) is 2.99. The number of anilines is 1. The Morgan fingerprint density at radius 1 is 1.19 bits per heavy atom. The molecule has 0 aliphatic carbocycles. The van der Waals surface area contributed by atoms with Crippen molar-refractivity contribution in [3.63, 3.8) is 0 Å². The van der Waals surface area contributed by atoms with Crippen LogP contribution in [0.1, 0.15) is 35.7 Å². The topological polar surface area (TPSA) is 175 Å². The number of hydrogen-bond acceptors (Lipinski definition) is 5. The maximum absolute atomic E-state index is 12.2. The zero-order valence-corrected chi connectivity index (χ0v) is 15.1. The van der Waals surface area contributed by atoms with Crippen molar-refractivity contribution in [2.75, 3.05) is 25.4 Å². The summed E-state index contributed by atoms with van der Waals surface area (Å²) < 4.78 is 0. The Morgan fingerprint density at radius 3 is 2.54 bits per heavy atom. The average Bonchev–Trinajstić information content (AvgIpc) is 2.61. The Balaban J connectivity index is 2.32. The highest BCUT2D eigenvalue weighted by molar-refractivity contribution is 5.96. The van der Waals surface area contributed by atoms with Gasteiger partial charge < -0.3 is 33.6 Å². The summed E-state index contributed by atoms with van der Waals surface area (Å²) in [7, 11) is 0. The lowest BCUT2D eigenvalue weighted by Gasteiger charge is -2.13. The molecule has 1 atom stereocenters. The highest BCUT2D eigenvalue weighted by Gasteiger charge is 2.13. The molecule has 0 bridgehead atoms. The zero-order chi connectivity index (χ0) is 19.5. The first kappa shape index (κ1) is 21.2. The molecule has 0 spiro atoms. The lowest BCUT2D eigenvalue weighted by Crippen LogP contribution is -2.43. The summed E-state index contributed by atoms with van der Waals surface area (Å²) in [5.74, 6) is -0.450. The summed E-state index contributed by atoms with van der Waals surface area (Å²) in [4.78, 5) is 27.9. The first-order valence-electron chi connectivity index (χ1n) is 8.60. The van der Waals surface area contributed by atoms with Gasteiger partial charge in [-0.2, -0.15) is 0 Å². The van der Waals surface area contributed by atoms with Gasteiger partial charge in [-0.3, -0.25) is 14.6 Å². The van der Waals surface area contributed by atoms with E-state index in [1.54, 1.807) is 18.2 Å². The first-order valence-corrected chi connectivity index (χ1v) is 8.60. The number of carbonyl (C=O) groups is 2. The van der Waals surface area contributed by atoms with Gasteiger partial charge in [0.2, 0.25) is 5.91 Å². The molecule has 0 aliphatic rings. The molecule has 144 valence electrons. The Labute approximate surface area is 153 Å². The number of benzene rings is 1. The summed E-state index contributed by atoms with van der Waals surface area (Å²) in [5, 5.41) is 5.46. The smallest absolute Gasteiger partial charge is 0.251 e. The van der Waals surface area contributed by atoms with Crippen LogP contribution in [0.2, 0.25) is 0 Å². The van der Waals surface area contributed by atoms with Crippen LogP contribution in [-0.4, -0.2) is 43.5 Å². The maximum Gasteiger partial charge on any atom is 0.251 e. The SMILES string of the molecule is CCc1cc(N)ccc1C(=O)NCCNC(=O)[C@H](N)CCCN=C(N)N. The second-order valence-corrected chi connectivity index (χ2v) is 5.87. The third-order valence-corrected chi connectivity index (χ3v) is 3.77. The number of guanidine groups is 1. The Kier molecular flexibility index (Phi) is 8.93. The predicted octanol–water partition coefficient (Wildman–Crippen LogP) is -0.942. The summed E-state index contributed by atoms with van der Waals surface area (Å²) >= 11 is 0. The maximum atomic E-state index is 12.2. The molecular weight excluding hydrogens is 334 g/mol. The highest BCUT2D eigenvalue weighted by Crippen LogP contribution is 2.14. The standard InChI is InChI=1S/C17H29N7O2/c1-2-11-10-12(18)5-6-13(11)15(25)22-8-9-23-16(26)14(19)4-3-7-24-17(20)21/h5-6,10,14H,2-4,7-9,18-19H2,1H3,(H,22,25)(H,23,26)(H4,20,21,24)/t14-/m1/s1. The van der Waals surface area contributed by atoms with Gasteiger partial charge in [-0.1, -0.05) is 6.92 Å². The lowest BCUT2D eigenvalue weighted by atomic mass is 10.0. The van der Waals surface area contributed by atoms with Crippen LogP contribution in [0.25, 0.3) is 0 Å². The third-order valence-electron chi connectivity index (χ3n) is 3.77. The van der Waals surface area contributed by atoms with E-state index in [1.807, 2.05) is 6.92 Å². The van der Waals surface area contributed by atoms with Crippen molar-refractivity contribution < 1.29 is 9.59 Å². The van der Waals surface area contributed by atoms with Crippen molar-refractivity contribution in [1.82, 2.24) is 10.6 Å². The number of aliphatic imine (C=N–C) groups is 1. The molecule has 2 amide bonds. The zero-order valence-electron chi connectivity index (χ0n) is 15.1. The van der Waals surface area contributed by atoms with Crippen molar-refractivity contribution in [2.45, 2.75) is 32.2 Å². The van der Waals surface area contributed by atoms with Crippen LogP contribution in [-0.2, 0) is 11.2 Å². The molecule has 26 heavy (non-hydrogen) atoms. The van der Waals surface area contributed by atoms with Gasteiger partial charge in [0.1, 0.15) is 0 Å². The lowest BCUT2D eigenvalue weighted by molar-refractivity contribution is -0.122. The molecule has 1 aromatic rings. The first-order chi connectivity index (χ1) is 12.3. The van der Waals surface area contributed by atoms with E-state index in [2.05, 4.69) is 15.6 Å². The molecule has 0 unspecified atom stereocenters. The van der Waals surface area contributed by atoms with E-state index in [1.165, 1.54) is 0 Å². The second kappa shape index (κ2) is 10.9. The van der Waals surface area contributed by atoms with Crippen molar-refractivity contribution in [3.05, 3.63) is 29.3 Å². The average molecular weight is 363 g/mol. The third kappa shape index (κ3) is 7.39. The van der Waals surface area contributed by atoms with Crippen LogP contribution in [0.5, 0.6) is 0 Å². The van der Waals surface area contributed by atoms with Gasteiger partial charge in [0.25, 0.3) is 5.91 Å². The normalized spacial score (nSPS) is 11.5. The van der Waals surface area contributed by atoms with Gasteiger partial charge >= 0.3 is 0 Å². The van der Waals surface area contributed by atoms with Gasteiger partial charge in [-0.25, -0.2) is 0 Å². The molecule has 0 heterocycles. The highest BCUT2D eigenvalue weighted by atomic mass is 16.2. The largest absolute Gasteiger partial charge is 0.399 e. The van der Waals surface area contributed by atoms with Crippen LogP contribution in [0.15, 0.2) is 23.2 Å². The monoisotopic (exact) mass is 363 g/mol. The number of carbonyl (C=O) groups excluding carboxylic acids is 2. The van der Waals surface area contributed by atoms with E-state index in [0.717, 1.165) is 5.56 Å². The molecule has 0 radical (unpaired) electrons. The minimum absolute atomic E-state index is 0.0195. The van der Waals surface area contributed by atoms with E-state index < -0.39 is 6.04 Å². The van der Waals surface area contributed by atoms with Gasteiger partial charge in [-0.05, 0) is 43.0 Å². The molecule has 1 aromatic carbocycles. The molecule has 0 aromatic heterocycles.